The monoisotopic (exact) mass is 112 g/mol. The second-order valence-corrected chi connectivity index (χ2v) is 1.71. The molecule has 46 valence electrons. The molecule has 0 saturated heterocycles. The first-order valence-electron chi connectivity index (χ1n) is 2.77. The average Bonchev–Trinajstić information content (AvgIpc) is 1.83. The van der Waals surface area contributed by atoms with Crippen molar-refractivity contribution >= 4 is 0 Å². The SMILES string of the molecule is CC/C(C)=C/C=C/O. The Kier molecular flexibility index (Phi) is 4.04. The van der Waals surface area contributed by atoms with Gasteiger partial charge < -0.3 is 5.11 Å². The van der Waals surface area contributed by atoms with Crippen LogP contribution in [0.5, 0.6) is 0 Å². The standard InChI is InChI=1S/C7H12O/c1-3-7(2)5-4-6-8/h4-6,8H,3H2,1-2H3/b6-4+,7-5+. The zero-order valence-electron chi connectivity index (χ0n) is 5.39. The van der Waals surface area contributed by atoms with Gasteiger partial charge in [0.2, 0.25) is 0 Å². The van der Waals surface area contributed by atoms with E-state index in [2.05, 4.69) is 6.92 Å². The number of aliphatic hydroxyl groups excluding tert-OH is 1. The lowest BCUT2D eigenvalue weighted by molar-refractivity contribution is 0.473. The topological polar surface area (TPSA) is 20.2 Å². The fourth-order valence-electron chi connectivity index (χ4n) is 0.325. The van der Waals surface area contributed by atoms with Crippen LogP contribution in [0.25, 0.3) is 0 Å². The number of hydrogen-bond donors (Lipinski definition) is 1. The van der Waals surface area contributed by atoms with E-state index in [0.717, 1.165) is 12.7 Å². The van der Waals surface area contributed by atoms with Crippen LogP contribution in [0, 0.1) is 0 Å². The maximum absolute atomic E-state index is 8.19. The van der Waals surface area contributed by atoms with Crippen LogP contribution in [0.2, 0.25) is 0 Å². The van der Waals surface area contributed by atoms with Gasteiger partial charge in [0, 0.05) is 0 Å². The fourth-order valence-corrected chi connectivity index (χ4v) is 0.325. The van der Waals surface area contributed by atoms with Gasteiger partial charge >= 0.3 is 0 Å². The molecule has 0 aliphatic carbocycles. The van der Waals surface area contributed by atoms with Gasteiger partial charge in [0.05, 0.1) is 6.26 Å². The van der Waals surface area contributed by atoms with E-state index in [4.69, 9.17) is 5.11 Å². The highest BCUT2D eigenvalue weighted by atomic mass is 16.2. The maximum atomic E-state index is 8.19. The molecule has 0 rings (SSSR count). The normalized spacial score (nSPS) is 13.0. The van der Waals surface area contributed by atoms with Gasteiger partial charge in [-0.05, 0) is 19.4 Å². The lowest BCUT2D eigenvalue weighted by Crippen LogP contribution is -1.66. The van der Waals surface area contributed by atoms with E-state index in [-0.39, 0.29) is 0 Å². The van der Waals surface area contributed by atoms with Crippen molar-refractivity contribution in [1.29, 1.82) is 0 Å². The molecular formula is C7H12O. The van der Waals surface area contributed by atoms with Crippen LogP contribution in [0.3, 0.4) is 0 Å². The van der Waals surface area contributed by atoms with Gasteiger partial charge in [-0.15, -0.1) is 0 Å². The van der Waals surface area contributed by atoms with E-state index in [0.29, 0.717) is 0 Å². The van der Waals surface area contributed by atoms with Crippen LogP contribution in [0.1, 0.15) is 20.3 Å². The van der Waals surface area contributed by atoms with Crippen molar-refractivity contribution in [2.75, 3.05) is 0 Å². The van der Waals surface area contributed by atoms with Crippen molar-refractivity contribution in [2.24, 2.45) is 0 Å². The minimum atomic E-state index is 1.04. The summed E-state index contributed by atoms with van der Waals surface area (Å²) in [5, 5.41) is 8.19. The molecule has 0 radical (unpaired) electrons. The predicted molar refractivity (Wildman–Crippen MR) is 35.8 cm³/mol. The summed E-state index contributed by atoms with van der Waals surface area (Å²) in [6.07, 6.45) is 5.60. The van der Waals surface area contributed by atoms with Gasteiger partial charge in [0.25, 0.3) is 0 Å². The van der Waals surface area contributed by atoms with E-state index in [1.165, 1.54) is 5.57 Å². The summed E-state index contributed by atoms with van der Waals surface area (Å²) in [6, 6.07) is 0. The number of allylic oxidation sites excluding steroid dienone is 3. The Labute approximate surface area is 50.3 Å². The molecule has 0 bridgehead atoms. The molecule has 0 heterocycles. The summed E-state index contributed by atoms with van der Waals surface area (Å²) in [6.45, 7) is 4.11. The highest BCUT2D eigenvalue weighted by molar-refractivity contribution is 5.07. The number of hydrogen-bond acceptors (Lipinski definition) is 1. The Bertz CT molecular complexity index is 101. The zero-order chi connectivity index (χ0) is 6.41. The molecule has 1 nitrogen and oxygen atoms in total. The molecule has 1 heteroatoms. The predicted octanol–water partition coefficient (Wildman–Crippen LogP) is 2.41. The van der Waals surface area contributed by atoms with Crippen LogP contribution in [0.15, 0.2) is 24.0 Å². The van der Waals surface area contributed by atoms with E-state index in [1.54, 1.807) is 6.08 Å². The first-order chi connectivity index (χ1) is 3.81. The smallest absolute Gasteiger partial charge is 0.0791 e. The van der Waals surface area contributed by atoms with Crippen molar-refractivity contribution in [3.63, 3.8) is 0 Å². The molecule has 0 aromatic rings. The molecule has 0 aliphatic rings. The van der Waals surface area contributed by atoms with Crippen molar-refractivity contribution in [1.82, 2.24) is 0 Å². The Hall–Kier alpha value is -0.720. The summed E-state index contributed by atoms with van der Waals surface area (Å²) in [5.41, 5.74) is 1.27. The van der Waals surface area contributed by atoms with Crippen LogP contribution >= 0.6 is 0 Å². The Morgan fingerprint density at radius 2 is 2.25 bits per heavy atom. The maximum Gasteiger partial charge on any atom is 0.0791 e. The molecule has 8 heavy (non-hydrogen) atoms. The molecule has 0 aromatic heterocycles. The van der Waals surface area contributed by atoms with Crippen molar-refractivity contribution in [2.45, 2.75) is 20.3 Å². The highest BCUT2D eigenvalue weighted by Gasteiger charge is 1.76. The largest absolute Gasteiger partial charge is 0.516 e. The Morgan fingerprint density at radius 1 is 1.62 bits per heavy atom. The van der Waals surface area contributed by atoms with Crippen LogP contribution in [0.4, 0.5) is 0 Å². The lowest BCUT2D eigenvalue weighted by Gasteiger charge is -1.86. The van der Waals surface area contributed by atoms with Crippen molar-refractivity contribution in [3.8, 4) is 0 Å². The third-order valence-corrected chi connectivity index (χ3v) is 1.02. The Balaban J connectivity index is 3.57. The van der Waals surface area contributed by atoms with Gasteiger partial charge in [0.1, 0.15) is 0 Å². The molecular weight excluding hydrogens is 100 g/mol. The quantitative estimate of drug-likeness (QED) is 0.429. The minimum Gasteiger partial charge on any atom is -0.516 e. The van der Waals surface area contributed by atoms with Gasteiger partial charge in [-0.2, -0.15) is 0 Å². The van der Waals surface area contributed by atoms with Crippen molar-refractivity contribution in [3.05, 3.63) is 24.0 Å². The van der Waals surface area contributed by atoms with Crippen LogP contribution in [-0.2, 0) is 0 Å². The molecule has 0 spiro atoms. The van der Waals surface area contributed by atoms with Crippen LogP contribution in [-0.4, -0.2) is 5.11 Å². The van der Waals surface area contributed by atoms with E-state index in [9.17, 15) is 0 Å². The molecule has 0 aromatic carbocycles. The van der Waals surface area contributed by atoms with E-state index in [1.807, 2.05) is 13.0 Å². The third kappa shape index (κ3) is 3.47. The second-order valence-electron chi connectivity index (χ2n) is 1.71. The average molecular weight is 112 g/mol. The molecule has 1 N–H and O–H groups in total. The number of rotatable bonds is 2. The molecule has 0 fully saturated rings. The molecule has 0 saturated carbocycles. The minimum absolute atomic E-state index is 1.04. The van der Waals surface area contributed by atoms with Gasteiger partial charge in [-0.3, -0.25) is 0 Å². The third-order valence-electron chi connectivity index (χ3n) is 1.02. The van der Waals surface area contributed by atoms with E-state index < -0.39 is 0 Å². The summed E-state index contributed by atoms with van der Waals surface area (Å²) >= 11 is 0. The molecule has 0 aliphatic heterocycles. The Morgan fingerprint density at radius 3 is 2.62 bits per heavy atom. The summed E-state index contributed by atoms with van der Waals surface area (Å²) in [7, 11) is 0. The lowest BCUT2D eigenvalue weighted by atomic mass is 10.2. The van der Waals surface area contributed by atoms with E-state index >= 15 is 0 Å². The first-order valence-corrected chi connectivity index (χ1v) is 2.77. The van der Waals surface area contributed by atoms with Crippen LogP contribution < -0.4 is 0 Å². The highest BCUT2D eigenvalue weighted by Crippen LogP contribution is 1.96. The zero-order valence-corrected chi connectivity index (χ0v) is 5.39. The fraction of sp³-hybridized carbons (Fsp3) is 0.429. The van der Waals surface area contributed by atoms with Gasteiger partial charge in [-0.1, -0.05) is 18.6 Å². The molecule has 0 atom stereocenters. The molecule has 0 amide bonds. The van der Waals surface area contributed by atoms with Gasteiger partial charge in [-0.25, -0.2) is 0 Å². The summed E-state index contributed by atoms with van der Waals surface area (Å²) < 4.78 is 0. The summed E-state index contributed by atoms with van der Waals surface area (Å²) in [5.74, 6) is 0. The van der Waals surface area contributed by atoms with Gasteiger partial charge in [0.15, 0.2) is 0 Å². The number of aliphatic hydroxyl groups is 1. The first kappa shape index (κ1) is 7.28. The molecule has 0 unspecified atom stereocenters. The second kappa shape index (κ2) is 4.44. The summed E-state index contributed by atoms with van der Waals surface area (Å²) in [4.78, 5) is 0. The van der Waals surface area contributed by atoms with Crippen molar-refractivity contribution < 1.29 is 5.11 Å².